The minimum atomic E-state index is -0.119. The van der Waals surface area contributed by atoms with Crippen LogP contribution in [-0.2, 0) is 0 Å². The average molecular weight is 301 g/mol. The minimum Gasteiger partial charge on any atom is -0.437 e. The number of nitrogens with two attached hydrogens (primary N) is 1. The lowest BCUT2D eigenvalue weighted by molar-refractivity contribution is 0.457. The van der Waals surface area contributed by atoms with Gasteiger partial charge in [0.15, 0.2) is 5.82 Å². The first-order chi connectivity index (χ1) is 10.2. The maximum absolute atomic E-state index is 6.08. The van der Waals surface area contributed by atoms with E-state index in [0.717, 1.165) is 11.1 Å². The van der Waals surface area contributed by atoms with E-state index in [1.807, 2.05) is 46.8 Å². The van der Waals surface area contributed by atoms with Gasteiger partial charge in [0.1, 0.15) is 17.8 Å². The van der Waals surface area contributed by atoms with Crippen LogP contribution < -0.4 is 21.3 Å². The van der Waals surface area contributed by atoms with Crippen LogP contribution in [0.2, 0.25) is 0 Å². The lowest BCUT2D eigenvalue weighted by Gasteiger charge is -2.22. The summed E-state index contributed by atoms with van der Waals surface area (Å²) in [4.78, 5) is 8.24. The van der Waals surface area contributed by atoms with Crippen LogP contribution in [0.25, 0.3) is 0 Å². The summed E-state index contributed by atoms with van der Waals surface area (Å²) in [5.74, 6) is 1.53. The molecule has 2 rings (SSSR count). The molecular weight excluding hydrogens is 278 g/mol. The Bertz CT molecular complexity index is 644. The third-order valence-electron chi connectivity index (χ3n) is 2.81. The lowest BCUT2D eigenvalue weighted by atomic mass is 10.1. The van der Waals surface area contributed by atoms with E-state index >= 15 is 0 Å². The first-order valence-corrected chi connectivity index (χ1v) is 7.14. The highest BCUT2D eigenvalue weighted by Crippen LogP contribution is 2.29. The van der Waals surface area contributed by atoms with Gasteiger partial charge in [-0.2, -0.15) is 4.98 Å². The molecule has 6 heteroatoms. The van der Waals surface area contributed by atoms with Gasteiger partial charge in [0, 0.05) is 5.54 Å². The second kappa shape index (κ2) is 6.19. The summed E-state index contributed by atoms with van der Waals surface area (Å²) in [7, 11) is 0. The number of anilines is 2. The molecule has 1 aromatic carbocycles. The van der Waals surface area contributed by atoms with Crippen LogP contribution in [0.15, 0.2) is 24.5 Å². The normalized spacial score (nSPS) is 11.3. The highest BCUT2D eigenvalue weighted by molar-refractivity contribution is 5.66. The summed E-state index contributed by atoms with van der Waals surface area (Å²) in [6.07, 6.45) is 1.42. The van der Waals surface area contributed by atoms with Gasteiger partial charge >= 0.3 is 0 Å². The topological polar surface area (TPSA) is 85.1 Å². The number of benzene rings is 1. The maximum atomic E-state index is 6.08. The number of hydrogen-bond donors (Lipinski definition) is 3. The highest BCUT2D eigenvalue weighted by Gasteiger charge is 2.13. The van der Waals surface area contributed by atoms with Gasteiger partial charge in [0.05, 0.1) is 0 Å². The van der Waals surface area contributed by atoms with E-state index in [2.05, 4.69) is 26.9 Å². The minimum absolute atomic E-state index is 0.119. The second-order valence-corrected chi connectivity index (χ2v) is 6.37. The zero-order valence-corrected chi connectivity index (χ0v) is 13.7. The number of nitrogens with zero attached hydrogens (tertiary/aromatic N) is 2. The van der Waals surface area contributed by atoms with Gasteiger partial charge in [-0.1, -0.05) is 6.07 Å². The van der Waals surface area contributed by atoms with E-state index < -0.39 is 0 Å². The van der Waals surface area contributed by atoms with Crippen molar-refractivity contribution in [3.63, 3.8) is 0 Å². The van der Waals surface area contributed by atoms with Crippen molar-refractivity contribution in [2.45, 2.75) is 40.2 Å². The van der Waals surface area contributed by atoms with Crippen molar-refractivity contribution in [3.05, 3.63) is 35.7 Å². The van der Waals surface area contributed by atoms with Gasteiger partial charge in [-0.05, 0) is 57.9 Å². The predicted molar refractivity (Wildman–Crippen MR) is 88.9 cm³/mol. The molecule has 0 aliphatic carbocycles. The van der Waals surface area contributed by atoms with Crippen molar-refractivity contribution in [1.82, 2.24) is 15.4 Å². The monoisotopic (exact) mass is 301 g/mol. The fourth-order valence-electron chi connectivity index (χ4n) is 1.91. The van der Waals surface area contributed by atoms with Crippen LogP contribution in [0.1, 0.15) is 31.9 Å². The van der Waals surface area contributed by atoms with Gasteiger partial charge in [0.2, 0.25) is 5.88 Å². The van der Waals surface area contributed by atoms with Crippen LogP contribution in [0.4, 0.5) is 11.5 Å². The van der Waals surface area contributed by atoms with Gasteiger partial charge in [-0.15, -0.1) is 0 Å². The molecule has 0 unspecified atom stereocenters. The maximum Gasteiger partial charge on any atom is 0.248 e. The zero-order chi connectivity index (χ0) is 16.3. The fourth-order valence-corrected chi connectivity index (χ4v) is 1.91. The Morgan fingerprint density at radius 2 is 1.68 bits per heavy atom. The number of nitrogens with one attached hydrogen (secondary N) is 2. The van der Waals surface area contributed by atoms with Crippen molar-refractivity contribution in [2.24, 2.45) is 0 Å². The number of hydrogen-bond acceptors (Lipinski definition) is 6. The Morgan fingerprint density at radius 1 is 1.05 bits per heavy atom. The van der Waals surface area contributed by atoms with Crippen LogP contribution in [-0.4, -0.2) is 15.5 Å². The van der Waals surface area contributed by atoms with Crippen LogP contribution in [0.5, 0.6) is 11.6 Å². The molecule has 0 spiro atoms. The molecule has 4 N–H and O–H groups in total. The fraction of sp³-hybridized carbons (Fsp3) is 0.375. The number of nitrogen functional groups attached to an aromatic ring is 1. The molecule has 0 fully saturated rings. The Morgan fingerprint density at radius 3 is 2.27 bits per heavy atom. The molecule has 0 atom stereocenters. The molecule has 1 aromatic heterocycles. The van der Waals surface area contributed by atoms with Crippen molar-refractivity contribution in [3.8, 4) is 11.6 Å². The van der Waals surface area contributed by atoms with E-state index in [-0.39, 0.29) is 5.54 Å². The first kappa shape index (κ1) is 16.0. The molecule has 1 heterocycles. The number of hydrazine groups is 1. The Balaban J connectivity index is 2.21. The van der Waals surface area contributed by atoms with Crippen LogP contribution >= 0.6 is 0 Å². The smallest absolute Gasteiger partial charge is 0.248 e. The van der Waals surface area contributed by atoms with Crippen LogP contribution in [0, 0.1) is 13.8 Å². The van der Waals surface area contributed by atoms with Gasteiger partial charge < -0.3 is 15.9 Å². The van der Waals surface area contributed by atoms with E-state index in [1.165, 1.54) is 6.33 Å². The molecule has 2 aromatic rings. The van der Waals surface area contributed by atoms with E-state index in [4.69, 9.17) is 10.5 Å². The number of aromatic nitrogens is 2. The van der Waals surface area contributed by atoms with Crippen molar-refractivity contribution in [1.29, 1.82) is 0 Å². The Hall–Kier alpha value is -2.34. The quantitative estimate of drug-likeness (QED) is 0.752. The SMILES string of the molecule is Cc1cc(C)cc(Oc2ncnc(NNC(C)(C)C)c2N)c1. The summed E-state index contributed by atoms with van der Waals surface area (Å²) in [6.45, 7) is 10.1. The second-order valence-electron chi connectivity index (χ2n) is 6.37. The van der Waals surface area contributed by atoms with Crippen LogP contribution in [0.3, 0.4) is 0 Å². The number of rotatable bonds is 4. The molecule has 0 aliphatic rings. The van der Waals surface area contributed by atoms with E-state index in [1.54, 1.807) is 0 Å². The number of ether oxygens (including phenoxy) is 1. The van der Waals surface area contributed by atoms with Crippen molar-refractivity contribution < 1.29 is 4.74 Å². The summed E-state index contributed by atoms with van der Waals surface area (Å²) in [5, 5.41) is 0. The molecule has 6 nitrogen and oxygen atoms in total. The van der Waals surface area contributed by atoms with Gasteiger partial charge in [-0.25, -0.2) is 10.4 Å². The summed E-state index contributed by atoms with van der Waals surface area (Å²) in [5.41, 5.74) is 14.7. The van der Waals surface area contributed by atoms with Gasteiger partial charge in [0.25, 0.3) is 0 Å². The molecular formula is C16H23N5O. The number of aryl methyl sites for hydroxylation is 2. The largest absolute Gasteiger partial charge is 0.437 e. The van der Waals surface area contributed by atoms with E-state index in [9.17, 15) is 0 Å². The highest BCUT2D eigenvalue weighted by atomic mass is 16.5. The van der Waals surface area contributed by atoms with E-state index in [0.29, 0.717) is 23.1 Å². The zero-order valence-electron chi connectivity index (χ0n) is 13.7. The molecule has 0 bridgehead atoms. The molecule has 0 saturated heterocycles. The first-order valence-electron chi connectivity index (χ1n) is 7.14. The Kier molecular flexibility index (Phi) is 4.51. The summed E-state index contributed by atoms with van der Waals surface area (Å²) < 4.78 is 5.80. The molecule has 0 aliphatic heterocycles. The molecule has 0 radical (unpaired) electrons. The van der Waals surface area contributed by atoms with Gasteiger partial charge in [-0.3, -0.25) is 0 Å². The molecule has 22 heavy (non-hydrogen) atoms. The molecule has 0 amide bonds. The van der Waals surface area contributed by atoms with Crippen molar-refractivity contribution >= 4 is 11.5 Å². The molecule has 0 saturated carbocycles. The summed E-state index contributed by atoms with van der Waals surface area (Å²) >= 11 is 0. The standard InChI is InChI=1S/C16H23N5O/c1-10-6-11(2)8-12(7-10)22-15-13(17)14(18-9-19-15)20-21-16(3,4)5/h6-9,21H,17H2,1-5H3,(H,18,19,20). The predicted octanol–water partition coefficient (Wildman–Crippen LogP) is 3.18. The molecule has 118 valence electrons. The Labute approximate surface area is 131 Å². The summed E-state index contributed by atoms with van der Waals surface area (Å²) in [6, 6.07) is 5.96. The third kappa shape index (κ3) is 4.33. The average Bonchev–Trinajstić information content (AvgIpc) is 2.37. The lowest BCUT2D eigenvalue weighted by Crippen LogP contribution is -2.40. The third-order valence-corrected chi connectivity index (χ3v) is 2.81. The van der Waals surface area contributed by atoms with Crippen molar-refractivity contribution in [2.75, 3.05) is 11.2 Å².